The Balaban J connectivity index is 1.41. The van der Waals surface area contributed by atoms with E-state index in [1.807, 2.05) is 12.4 Å². The third-order valence-corrected chi connectivity index (χ3v) is 5.46. The third kappa shape index (κ3) is 2.63. The van der Waals surface area contributed by atoms with Crippen LogP contribution in [0.15, 0.2) is 61.1 Å². The Hall–Kier alpha value is -2.59. The molecule has 1 saturated heterocycles. The molecule has 0 radical (unpaired) electrons. The van der Waals surface area contributed by atoms with Crippen molar-refractivity contribution in [3.63, 3.8) is 0 Å². The zero-order valence-electron chi connectivity index (χ0n) is 14.2. The first-order chi connectivity index (χ1) is 12.4. The fourth-order valence-electron chi connectivity index (χ4n) is 4.27. The highest BCUT2D eigenvalue weighted by Crippen LogP contribution is 2.29. The Bertz CT molecular complexity index is 1010. The van der Waals surface area contributed by atoms with E-state index in [0.717, 1.165) is 18.7 Å². The summed E-state index contributed by atoms with van der Waals surface area (Å²) in [6, 6.07) is 15.2. The molecular formula is C21H22N4. The van der Waals surface area contributed by atoms with Crippen molar-refractivity contribution in [2.45, 2.75) is 25.3 Å². The third-order valence-electron chi connectivity index (χ3n) is 5.46. The van der Waals surface area contributed by atoms with Crippen LogP contribution in [0.5, 0.6) is 0 Å². The molecule has 1 aromatic carbocycles. The van der Waals surface area contributed by atoms with Gasteiger partial charge in [0.1, 0.15) is 5.65 Å². The smallest absolute Gasteiger partial charge is 0.136 e. The minimum absolute atomic E-state index is 0.567. The van der Waals surface area contributed by atoms with Crippen LogP contribution in [0.1, 0.15) is 30.0 Å². The van der Waals surface area contributed by atoms with Gasteiger partial charge in [0, 0.05) is 54.2 Å². The number of likely N-dealkylation sites (tertiary alicyclic amines) is 1. The zero-order valence-corrected chi connectivity index (χ0v) is 14.2. The van der Waals surface area contributed by atoms with E-state index in [9.17, 15) is 0 Å². The van der Waals surface area contributed by atoms with Crippen molar-refractivity contribution >= 4 is 16.6 Å². The summed E-state index contributed by atoms with van der Waals surface area (Å²) in [5.41, 5.74) is 5.08. The molecule has 0 unspecified atom stereocenters. The normalized spacial score (nSPS) is 19.0. The van der Waals surface area contributed by atoms with E-state index in [1.165, 1.54) is 41.5 Å². The predicted octanol–water partition coefficient (Wildman–Crippen LogP) is 4.20. The summed E-state index contributed by atoms with van der Waals surface area (Å²) in [6.45, 7) is 3.31. The lowest BCUT2D eigenvalue weighted by atomic mass is 9.93. The van der Waals surface area contributed by atoms with Crippen LogP contribution in [-0.2, 0) is 6.54 Å². The maximum Gasteiger partial charge on any atom is 0.136 e. The van der Waals surface area contributed by atoms with Crippen molar-refractivity contribution in [2.75, 3.05) is 13.1 Å². The molecule has 1 aliphatic heterocycles. The van der Waals surface area contributed by atoms with Gasteiger partial charge in [0.15, 0.2) is 0 Å². The number of pyridine rings is 1. The molecule has 0 aliphatic carbocycles. The quantitative estimate of drug-likeness (QED) is 0.611. The molecule has 1 N–H and O–H groups in total. The lowest BCUT2D eigenvalue weighted by Crippen LogP contribution is -2.34. The van der Waals surface area contributed by atoms with Crippen molar-refractivity contribution in [2.24, 2.45) is 0 Å². The second-order valence-electron chi connectivity index (χ2n) is 7.04. The maximum atomic E-state index is 4.44. The van der Waals surface area contributed by atoms with Crippen LogP contribution in [0.4, 0.5) is 0 Å². The van der Waals surface area contributed by atoms with Gasteiger partial charge in [-0.05, 0) is 49.2 Å². The van der Waals surface area contributed by atoms with Gasteiger partial charge in [-0.15, -0.1) is 0 Å². The van der Waals surface area contributed by atoms with Crippen LogP contribution in [0, 0.1) is 0 Å². The number of nitrogens with one attached hydrogen (secondary N) is 1. The zero-order chi connectivity index (χ0) is 16.6. The Kier molecular flexibility index (Phi) is 3.56. The molecule has 1 atom stereocenters. The molecule has 0 saturated carbocycles. The highest BCUT2D eigenvalue weighted by Gasteiger charge is 2.23. The molecule has 0 amide bonds. The van der Waals surface area contributed by atoms with Gasteiger partial charge >= 0.3 is 0 Å². The average Bonchev–Trinajstić information content (AvgIpc) is 3.31. The van der Waals surface area contributed by atoms with Crippen molar-refractivity contribution in [3.05, 3.63) is 72.3 Å². The SMILES string of the molecule is c1cc(CN2CCC[C@@H](c3cccc4nccn34)C2)c2cc[nH]c2c1. The van der Waals surface area contributed by atoms with Crippen molar-refractivity contribution in [1.29, 1.82) is 0 Å². The fourth-order valence-corrected chi connectivity index (χ4v) is 4.27. The number of hydrogen-bond acceptors (Lipinski definition) is 2. The number of fused-ring (bicyclic) bond motifs is 2. The van der Waals surface area contributed by atoms with Crippen LogP contribution in [0.3, 0.4) is 0 Å². The van der Waals surface area contributed by atoms with Gasteiger partial charge in [-0.2, -0.15) is 0 Å². The molecule has 3 aromatic heterocycles. The number of nitrogens with zero attached hydrogens (tertiary/aromatic N) is 3. The minimum atomic E-state index is 0.567. The van der Waals surface area contributed by atoms with Crippen LogP contribution in [0.2, 0.25) is 0 Å². The molecule has 4 nitrogen and oxygen atoms in total. The van der Waals surface area contributed by atoms with Gasteiger partial charge in [0.25, 0.3) is 0 Å². The van der Waals surface area contributed by atoms with E-state index in [4.69, 9.17) is 0 Å². The van der Waals surface area contributed by atoms with E-state index >= 15 is 0 Å². The summed E-state index contributed by atoms with van der Waals surface area (Å²) in [5, 5.41) is 1.35. The molecule has 5 rings (SSSR count). The predicted molar refractivity (Wildman–Crippen MR) is 101 cm³/mol. The number of piperidine rings is 1. The van der Waals surface area contributed by atoms with E-state index in [-0.39, 0.29) is 0 Å². The maximum absolute atomic E-state index is 4.44. The lowest BCUT2D eigenvalue weighted by molar-refractivity contribution is 0.198. The van der Waals surface area contributed by atoms with E-state index < -0.39 is 0 Å². The molecule has 4 aromatic rings. The number of aromatic nitrogens is 3. The highest BCUT2D eigenvalue weighted by atomic mass is 15.1. The largest absolute Gasteiger partial charge is 0.361 e. The highest BCUT2D eigenvalue weighted by molar-refractivity contribution is 5.82. The molecule has 0 bridgehead atoms. The second kappa shape index (κ2) is 6.05. The van der Waals surface area contributed by atoms with Crippen LogP contribution < -0.4 is 0 Å². The summed E-state index contributed by atoms with van der Waals surface area (Å²) in [4.78, 5) is 10.4. The van der Waals surface area contributed by atoms with Gasteiger partial charge < -0.3 is 9.38 Å². The lowest BCUT2D eigenvalue weighted by Gasteiger charge is -2.33. The van der Waals surface area contributed by atoms with E-state index in [0.29, 0.717) is 5.92 Å². The van der Waals surface area contributed by atoms with Gasteiger partial charge in [0.2, 0.25) is 0 Å². The Morgan fingerprint density at radius 1 is 1.12 bits per heavy atom. The summed E-state index contributed by atoms with van der Waals surface area (Å²) in [7, 11) is 0. The van der Waals surface area contributed by atoms with E-state index in [1.54, 1.807) is 0 Å². The molecule has 126 valence electrons. The van der Waals surface area contributed by atoms with Gasteiger partial charge in [0.05, 0.1) is 0 Å². The van der Waals surface area contributed by atoms with Crippen LogP contribution >= 0.6 is 0 Å². The molecular weight excluding hydrogens is 308 g/mol. The first-order valence-electron chi connectivity index (χ1n) is 9.08. The number of H-pyrrole nitrogens is 1. The van der Waals surface area contributed by atoms with Crippen molar-refractivity contribution in [1.82, 2.24) is 19.3 Å². The summed E-state index contributed by atoms with van der Waals surface area (Å²) in [5.74, 6) is 0.567. The van der Waals surface area contributed by atoms with Crippen molar-refractivity contribution < 1.29 is 0 Å². The first-order valence-corrected chi connectivity index (χ1v) is 9.08. The summed E-state index contributed by atoms with van der Waals surface area (Å²) in [6.07, 6.45) is 8.52. The molecule has 4 heterocycles. The molecule has 1 aliphatic rings. The van der Waals surface area contributed by atoms with Gasteiger partial charge in [-0.3, -0.25) is 4.90 Å². The first kappa shape index (κ1) is 14.7. The van der Waals surface area contributed by atoms with Crippen LogP contribution in [0.25, 0.3) is 16.6 Å². The molecule has 1 fully saturated rings. The Morgan fingerprint density at radius 2 is 2.08 bits per heavy atom. The van der Waals surface area contributed by atoms with Gasteiger partial charge in [-0.1, -0.05) is 18.2 Å². The van der Waals surface area contributed by atoms with Crippen molar-refractivity contribution in [3.8, 4) is 0 Å². The Morgan fingerprint density at radius 3 is 3.08 bits per heavy atom. The topological polar surface area (TPSA) is 36.3 Å². The molecule has 4 heteroatoms. The standard InChI is InChI=1S/C21H22N4/c1-4-16(18-9-10-22-19(18)6-1)14-24-12-3-5-17(15-24)20-7-2-8-21-23-11-13-25(20)21/h1-2,4,6-11,13,17,22H,3,5,12,14-15H2/t17-/m1/s1. The number of rotatable bonds is 3. The average molecular weight is 330 g/mol. The monoisotopic (exact) mass is 330 g/mol. The number of imidazole rings is 1. The number of benzene rings is 1. The van der Waals surface area contributed by atoms with Gasteiger partial charge in [-0.25, -0.2) is 4.98 Å². The fraction of sp³-hybridized carbons (Fsp3) is 0.286. The minimum Gasteiger partial charge on any atom is -0.361 e. The molecule has 25 heavy (non-hydrogen) atoms. The number of aromatic amines is 1. The summed E-state index contributed by atoms with van der Waals surface area (Å²) >= 11 is 0. The van der Waals surface area contributed by atoms with E-state index in [2.05, 4.69) is 67.9 Å². The second-order valence-corrected chi connectivity index (χ2v) is 7.04. The summed E-state index contributed by atoms with van der Waals surface area (Å²) < 4.78 is 2.25. The number of hydrogen-bond donors (Lipinski definition) is 1. The Labute approximate surface area is 147 Å². The van der Waals surface area contributed by atoms with Crippen LogP contribution in [-0.4, -0.2) is 32.4 Å². The molecule has 0 spiro atoms.